The molecule has 24 heavy (non-hydrogen) atoms. The monoisotopic (exact) mass is 322 g/mol. The van der Waals surface area contributed by atoms with Crippen molar-refractivity contribution in [3.63, 3.8) is 0 Å². The highest BCUT2D eigenvalue weighted by atomic mass is 16.5. The minimum absolute atomic E-state index is 0.384. The summed E-state index contributed by atoms with van der Waals surface area (Å²) >= 11 is 0. The van der Waals surface area contributed by atoms with Crippen LogP contribution in [0.3, 0.4) is 0 Å². The van der Waals surface area contributed by atoms with Crippen LogP contribution in [0.4, 0.5) is 0 Å². The van der Waals surface area contributed by atoms with Crippen molar-refractivity contribution in [2.24, 2.45) is 0 Å². The van der Waals surface area contributed by atoms with Crippen molar-refractivity contribution in [1.82, 2.24) is 0 Å². The molecule has 2 nitrogen and oxygen atoms in total. The van der Waals surface area contributed by atoms with Gasteiger partial charge in [-0.2, -0.15) is 0 Å². The Kier molecular flexibility index (Phi) is 4.15. The van der Waals surface area contributed by atoms with E-state index in [4.69, 9.17) is 9.47 Å². The molecule has 0 aliphatic carbocycles. The molecule has 3 rings (SSSR count). The quantitative estimate of drug-likeness (QED) is 0.569. The highest BCUT2D eigenvalue weighted by molar-refractivity contribution is 6.09. The SMILES string of the molecule is COC(C)(C)c1ccc2c(ccc3ccccc32)c1C(C)(C)OC. The third-order valence-corrected chi connectivity index (χ3v) is 5.20. The molecule has 0 saturated heterocycles. The van der Waals surface area contributed by atoms with Crippen molar-refractivity contribution in [1.29, 1.82) is 0 Å². The number of hydrogen-bond acceptors (Lipinski definition) is 2. The molecule has 0 aliphatic rings. The van der Waals surface area contributed by atoms with Gasteiger partial charge in [0.2, 0.25) is 0 Å². The van der Waals surface area contributed by atoms with Gasteiger partial charge in [0, 0.05) is 14.2 Å². The standard InChI is InChI=1S/C22H26O2/c1-21(2,23-5)19-14-13-17-16-10-8-7-9-15(16)11-12-18(17)20(19)22(3,4)24-6/h7-14H,1-6H3. The Morgan fingerprint density at radius 2 is 1.25 bits per heavy atom. The Bertz CT molecular complexity index is 891. The Morgan fingerprint density at radius 1 is 0.625 bits per heavy atom. The Hall–Kier alpha value is -1.90. The summed E-state index contributed by atoms with van der Waals surface area (Å²) in [6.45, 7) is 8.44. The van der Waals surface area contributed by atoms with Crippen molar-refractivity contribution in [2.75, 3.05) is 14.2 Å². The largest absolute Gasteiger partial charge is 0.374 e. The van der Waals surface area contributed by atoms with Crippen LogP contribution in [-0.4, -0.2) is 14.2 Å². The molecule has 0 atom stereocenters. The van der Waals surface area contributed by atoms with Crippen LogP contribution in [0.1, 0.15) is 38.8 Å². The van der Waals surface area contributed by atoms with E-state index < -0.39 is 5.60 Å². The first-order chi connectivity index (χ1) is 11.3. The van der Waals surface area contributed by atoms with E-state index in [1.54, 1.807) is 14.2 Å². The number of hydrogen-bond donors (Lipinski definition) is 0. The van der Waals surface area contributed by atoms with Gasteiger partial charge in [-0.1, -0.05) is 48.5 Å². The molecular formula is C22H26O2. The predicted molar refractivity (Wildman–Crippen MR) is 102 cm³/mol. The number of fused-ring (bicyclic) bond motifs is 3. The first kappa shape index (κ1) is 16.9. The van der Waals surface area contributed by atoms with Gasteiger partial charge in [-0.25, -0.2) is 0 Å². The molecule has 3 aromatic rings. The van der Waals surface area contributed by atoms with Crippen molar-refractivity contribution in [3.8, 4) is 0 Å². The molecule has 0 saturated carbocycles. The van der Waals surface area contributed by atoms with Crippen LogP contribution in [0.5, 0.6) is 0 Å². The van der Waals surface area contributed by atoms with Gasteiger partial charge in [0.1, 0.15) is 0 Å². The summed E-state index contributed by atoms with van der Waals surface area (Å²) in [5.74, 6) is 0. The fourth-order valence-electron chi connectivity index (χ4n) is 3.45. The van der Waals surface area contributed by atoms with Gasteiger partial charge in [0.15, 0.2) is 0 Å². The van der Waals surface area contributed by atoms with E-state index in [1.807, 2.05) is 0 Å². The average Bonchev–Trinajstić information content (AvgIpc) is 2.60. The molecule has 0 unspecified atom stereocenters. The van der Waals surface area contributed by atoms with Crippen LogP contribution in [-0.2, 0) is 20.7 Å². The summed E-state index contributed by atoms with van der Waals surface area (Å²) < 4.78 is 11.7. The molecule has 2 heteroatoms. The maximum atomic E-state index is 5.87. The molecule has 0 bridgehead atoms. The fourth-order valence-corrected chi connectivity index (χ4v) is 3.45. The molecule has 0 spiro atoms. The lowest BCUT2D eigenvalue weighted by Gasteiger charge is -2.34. The minimum Gasteiger partial charge on any atom is -0.374 e. The second kappa shape index (κ2) is 5.87. The number of benzene rings is 3. The number of rotatable bonds is 4. The summed E-state index contributed by atoms with van der Waals surface area (Å²) in [5.41, 5.74) is 1.57. The zero-order valence-corrected chi connectivity index (χ0v) is 15.4. The van der Waals surface area contributed by atoms with E-state index in [2.05, 4.69) is 76.2 Å². The van der Waals surface area contributed by atoms with E-state index in [0.717, 1.165) is 0 Å². The van der Waals surface area contributed by atoms with E-state index in [1.165, 1.54) is 32.7 Å². The number of methoxy groups -OCH3 is 2. The Morgan fingerprint density at radius 3 is 1.92 bits per heavy atom. The number of ether oxygens (including phenoxy) is 2. The zero-order chi connectivity index (χ0) is 17.5. The summed E-state index contributed by atoms with van der Waals surface area (Å²) in [6.07, 6.45) is 0. The molecule has 3 aromatic carbocycles. The molecule has 0 fully saturated rings. The molecule has 0 radical (unpaired) electrons. The highest BCUT2D eigenvalue weighted by Crippen LogP contribution is 2.41. The maximum Gasteiger partial charge on any atom is 0.0881 e. The lowest BCUT2D eigenvalue weighted by molar-refractivity contribution is -0.00149. The molecule has 0 amide bonds. The van der Waals surface area contributed by atoms with Gasteiger partial charge < -0.3 is 9.47 Å². The van der Waals surface area contributed by atoms with Crippen LogP contribution >= 0.6 is 0 Å². The molecule has 0 aliphatic heterocycles. The van der Waals surface area contributed by atoms with Crippen molar-refractivity contribution in [3.05, 3.63) is 59.7 Å². The zero-order valence-electron chi connectivity index (χ0n) is 15.4. The predicted octanol–water partition coefficient (Wildman–Crippen LogP) is 5.76. The lowest BCUT2D eigenvalue weighted by atomic mass is 9.81. The van der Waals surface area contributed by atoms with Gasteiger partial charge in [0.25, 0.3) is 0 Å². The van der Waals surface area contributed by atoms with E-state index in [0.29, 0.717) is 0 Å². The molecule has 0 N–H and O–H groups in total. The first-order valence-electron chi connectivity index (χ1n) is 8.37. The first-order valence-corrected chi connectivity index (χ1v) is 8.37. The normalized spacial score (nSPS) is 12.9. The second-order valence-corrected chi connectivity index (χ2v) is 7.30. The van der Waals surface area contributed by atoms with Crippen molar-refractivity contribution < 1.29 is 9.47 Å². The minimum atomic E-state index is -0.410. The van der Waals surface area contributed by atoms with Gasteiger partial charge in [-0.15, -0.1) is 0 Å². The Balaban J connectivity index is 2.47. The highest BCUT2D eigenvalue weighted by Gasteiger charge is 2.32. The van der Waals surface area contributed by atoms with Gasteiger partial charge >= 0.3 is 0 Å². The van der Waals surface area contributed by atoms with Crippen molar-refractivity contribution in [2.45, 2.75) is 38.9 Å². The van der Waals surface area contributed by atoms with Gasteiger partial charge in [-0.05, 0) is 60.4 Å². The smallest absolute Gasteiger partial charge is 0.0881 e. The second-order valence-electron chi connectivity index (χ2n) is 7.30. The van der Waals surface area contributed by atoms with Crippen LogP contribution < -0.4 is 0 Å². The van der Waals surface area contributed by atoms with Crippen LogP contribution in [0.2, 0.25) is 0 Å². The maximum absolute atomic E-state index is 5.87. The molecule has 0 heterocycles. The van der Waals surface area contributed by atoms with Crippen LogP contribution in [0.25, 0.3) is 21.5 Å². The fraction of sp³-hybridized carbons (Fsp3) is 0.364. The van der Waals surface area contributed by atoms with E-state index >= 15 is 0 Å². The van der Waals surface area contributed by atoms with E-state index in [9.17, 15) is 0 Å². The topological polar surface area (TPSA) is 18.5 Å². The summed E-state index contributed by atoms with van der Waals surface area (Å²) in [5, 5.41) is 5.00. The summed E-state index contributed by atoms with van der Waals surface area (Å²) in [7, 11) is 3.53. The Labute approximate surface area is 144 Å². The lowest BCUT2D eigenvalue weighted by Crippen LogP contribution is -2.29. The average molecular weight is 322 g/mol. The third-order valence-electron chi connectivity index (χ3n) is 5.20. The summed E-state index contributed by atoms with van der Waals surface area (Å²) in [4.78, 5) is 0. The van der Waals surface area contributed by atoms with Gasteiger partial charge in [-0.3, -0.25) is 0 Å². The van der Waals surface area contributed by atoms with Gasteiger partial charge in [0.05, 0.1) is 11.2 Å². The van der Waals surface area contributed by atoms with Crippen LogP contribution in [0.15, 0.2) is 48.5 Å². The molecular weight excluding hydrogens is 296 g/mol. The third kappa shape index (κ3) is 2.60. The molecule has 0 aromatic heterocycles. The van der Waals surface area contributed by atoms with Crippen molar-refractivity contribution >= 4 is 21.5 Å². The van der Waals surface area contributed by atoms with Crippen LogP contribution in [0, 0.1) is 0 Å². The summed E-state index contributed by atoms with van der Waals surface area (Å²) in [6, 6.07) is 17.3. The molecule has 126 valence electrons. The van der Waals surface area contributed by atoms with E-state index in [-0.39, 0.29) is 5.60 Å².